The lowest BCUT2D eigenvalue weighted by atomic mass is 10.1. The van der Waals surface area contributed by atoms with Crippen LogP contribution >= 0.6 is 11.6 Å². The maximum absolute atomic E-state index is 14.2. The van der Waals surface area contributed by atoms with Gasteiger partial charge in [-0.15, -0.1) is 0 Å². The topological polar surface area (TPSA) is 35.0 Å². The van der Waals surface area contributed by atoms with Crippen molar-refractivity contribution in [3.8, 4) is 17.0 Å². The van der Waals surface area contributed by atoms with Crippen LogP contribution in [0.3, 0.4) is 0 Å². The summed E-state index contributed by atoms with van der Waals surface area (Å²) >= 11 is 5.68. The monoisotopic (exact) mass is 314 g/mol. The Labute approximate surface area is 132 Å². The van der Waals surface area contributed by atoms with E-state index in [4.69, 9.17) is 16.3 Å². The molecule has 22 heavy (non-hydrogen) atoms. The van der Waals surface area contributed by atoms with Gasteiger partial charge in [-0.3, -0.25) is 4.98 Å². The SMILES string of the molecule is Fc1cc(OCc2ccccc2)ccc1-c1cnc(Cl)cn1. The molecule has 3 aromatic rings. The van der Waals surface area contributed by atoms with Gasteiger partial charge in [0.15, 0.2) is 0 Å². The average Bonchev–Trinajstić information content (AvgIpc) is 2.55. The first-order chi connectivity index (χ1) is 10.7. The molecule has 1 heterocycles. The lowest BCUT2D eigenvalue weighted by molar-refractivity contribution is 0.304. The van der Waals surface area contributed by atoms with Crippen molar-refractivity contribution in [2.75, 3.05) is 0 Å². The Balaban J connectivity index is 1.76. The molecule has 0 spiro atoms. The fourth-order valence-corrected chi connectivity index (χ4v) is 2.08. The summed E-state index contributed by atoms with van der Waals surface area (Å²) in [6.45, 7) is 0.389. The van der Waals surface area contributed by atoms with E-state index >= 15 is 0 Å². The second kappa shape index (κ2) is 6.54. The van der Waals surface area contributed by atoms with Gasteiger partial charge >= 0.3 is 0 Å². The van der Waals surface area contributed by atoms with Crippen LogP contribution in [0.5, 0.6) is 5.75 Å². The lowest BCUT2D eigenvalue weighted by Crippen LogP contribution is -1.96. The van der Waals surface area contributed by atoms with Crippen molar-refractivity contribution in [2.24, 2.45) is 0 Å². The highest BCUT2D eigenvalue weighted by molar-refractivity contribution is 6.29. The maximum atomic E-state index is 14.2. The quantitative estimate of drug-likeness (QED) is 0.710. The molecule has 0 radical (unpaired) electrons. The number of rotatable bonds is 4. The van der Waals surface area contributed by atoms with Crippen LogP contribution < -0.4 is 4.74 Å². The van der Waals surface area contributed by atoms with Crippen LogP contribution in [-0.4, -0.2) is 9.97 Å². The van der Waals surface area contributed by atoms with Crippen molar-refractivity contribution >= 4 is 11.6 Å². The largest absolute Gasteiger partial charge is 0.489 e. The molecule has 0 saturated carbocycles. The Hall–Kier alpha value is -2.46. The second-order valence-corrected chi connectivity index (χ2v) is 5.03. The molecule has 3 nitrogen and oxygen atoms in total. The summed E-state index contributed by atoms with van der Waals surface area (Å²) in [4.78, 5) is 7.96. The van der Waals surface area contributed by atoms with Gasteiger partial charge < -0.3 is 4.74 Å². The van der Waals surface area contributed by atoms with Crippen molar-refractivity contribution in [3.63, 3.8) is 0 Å². The maximum Gasteiger partial charge on any atom is 0.147 e. The predicted octanol–water partition coefficient (Wildman–Crippen LogP) is 4.52. The molecule has 3 rings (SSSR count). The molecular formula is C17H12ClFN2O. The zero-order chi connectivity index (χ0) is 15.4. The summed E-state index contributed by atoms with van der Waals surface area (Å²) in [5.41, 5.74) is 1.81. The molecule has 0 amide bonds. The van der Waals surface area contributed by atoms with Crippen LogP contribution in [0.2, 0.25) is 5.15 Å². The number of hydrogen-bond donors (Lipinski definition) is 0. The number of ether oxygens (including phenoxy) is 1. The van der Waals surface area contributed by atoms with Crippen molar-refractivity contribution in [2.45, 2.75) is 6.61 Å². The molecule has 0 aliphatic carbocycles. The zero-order valence-electron chi connectivity index (χ0n) is 11.5. The highest BCUT2D eigenvalue weighted by atomic mass is 35.5. The molecule has 0 saturated heterocycles. The number of halogens is 2. The third kappa shape index (κ3) is 3.40. The summed E-state index contributed by atoms with van der Waals surface area (Å²) in [6, 6.07) is 14.4. The zero-order valence-corrected chi connectivity index (χ0v) is 12.3. The molecule has 0 aliphatic heterocycles. The van der Waals surface area contributed by atoms with Crippen LogP contribution in [0.4, 0.5) is 4.39 Å². The van der Waals surface area contributed by atoms with Crippen molar-refractivity contribution in [3.05, 3.63) is 77.5 Å². The van der Waals surface area contributed by atoms with Crippen LogP contribution in [0.25, 0.3) is 11.3 Å². The van der Waals surface area contributed by atoms with E-state index in [1.165, 1.54) is 18.5 Å². The van der Waals surface area contributed by atoms with E-state index in [1.54, 1.807) is 12.1 Å². The van der Waals surface area contributed by atoms with Gasteiger partial charge in [0, 0.05) is 11.6 Å². The fourth-order valence-electron chi connectivity index (χ4n) is 1.99. The van der Waals surface area contributed by atoms with E-state index in [2.05, 4.69) is 9.97 Å². The summed E-state index contributed by atoms with van der Waals surface area (Å²) in [5.74, 6) is 0.0502. The Morgan fingerprint density at radius 2 is 1.82 bits per heavy atom. The third-order valence-corrected chi connectivity index (χ3v) is 3.28. The Bertz CT molecular complexity index is 763. The van der Waals surface area contributed by atoms with Crippen LogP contribution in [0.15, 0.2) is 60.9 Å². The minimum Gasteiger partial charge on any atom is -0.489 e. The third-order valence-electron chi connectivity index (χ3n) is 3.09. The van der Waals surface area contributed by atoms with Gasteiger partial charge in [0.05, 0.1) is 18.1 Å². The lowest BCUT2D eigenvalue weighted by Gasteiger charge is -2.08. The van der Waals surface area contributed by atoms with Crippen LogP contribution in [0, 0.1) is 5.82 Å². The molecule has 2 aromatic carbocycles. The summed E-state index contributed by atoms with van der Waals surface area (Å²) < 4.78 is 19.8. The van der Waals surface area contributed by atoms with Gasteiger partial charge in [-0.05, 0) is 17.7 Å². The number of hydrogen-bond acceptors (Lipinski definition) is 3. The van der Waals surface area contributed by atoms with E-state index in [1.807, 2.05) is 30.3 Å². The Morgan fingerprint density at radius 1 is 1.00 bits per heavy atom. The van der Waals surface area contributed by atoms with E-state index in [-0.39, 0.29) is 5.15 Å². The normalized spacial score (nSPS) is 10.5. The number of nitrogens with zero attached hydrogens (tertiary/aromatic N) is 2. The minimum absolute atomic E-state index is 0.270. The first-order valence-electron chi connectivity index (χ1n) is 6.66. The predicted molar refractivity (Wildman–Crippen MR) is 83.2 cm³/mol. The highest BCUT2D eigenvalue weighted by Crippen LogP contribution is 2.25. The van der Waals surface area contributed by atoms with Gasteiger partial charge in [0.25, 0.3) is 0 Å². The molecule has 1 aromatic heterocycles. The van der Waals surface area contributed by atoms with Crippen molar-refractivity contribution in [1.82, 2.24) is 9.97 Å². The van der Waals surface area contributed by atoms with E-state index < -0.39 is 5.82 Å². The van der Waals surface area contributed by atoms with Gasteiger partial charge in [-0.1, -0.05) is 41.9 Å². The van der Waals surface area contributed by atoms with Crippen LogP contribution in [-0.2, 0) is 6.61 Å². The Morgan fingerprint density at radius 3 is 2.50 bits per heavy atom. The average molecular weight is 315 g/mol. The second-order valence-electron chi connectivity index (χ2n) is 4.64. The fraction of sp³-hybridized carbons (Fsp3) is 0.0588. The first kappa shape index (κ1) is 14.5. The van der Waals surface area contributed by atoms with Gasteiger partial charge in [0.1, 0.15) is 23.3 Å². The molecule has 0 bridgehead atoms. The Kier molecular flexibility index (Phi) is 4.30. The number of benzene rings is 2. The molecule has 0 aliphatic rings. The standard InChI is InChI=1S/C17H12ClFN2O/c18-17-10-20-16(9-21-17)14-7-6-13(8-15(14)19)22-11-12-4-2-1-3-5-12/h1-10H,11H2. The minimum atomic E-state index is -0.415. The molecule has 0 atom stereocenters. The first-order valence-corrected chi connectivity index (χ1v) is 7.04. The van der Waals surface area contributed by atoms with Crippen LogP contribution in [0.1, 0.15) is 5.56 Å². The molecular weight excluding hydrogens is 303 g/mol. The van der Waals surface area contributed by atoms with E-state index in [9.17, 15) is 4.39 Å². The molecule has 110 valence electrons. The van der Waals surface area contributed by atoms with E-state index in [0.29, 0.717) is 23.6 Å². The van der Waals surface area contributed by atoms with Crippen molar-refractivity contribution < 1.29 is 9.13 Å². The van der Waals surface area contributed by atoms with Gasteiger partial charge in [-0.25, -0.2) is 9.37 Å². The van der Waals surface area contributed by atoms with Crippen molar-refractivity contribution in [1.29, 1.82) is 0 Å². The number of aromatic nitrogens is 2. The highest BCUT2D eigenvalue weighted by Gasteiger charge is 2.09. The summed E-state index contributed by atoms with van der Waals surface area (Å²) in [5, 5.41) is 0.270. The molecule has 5 heteroatoms. The smallest absolute Gasteiger partial charge is 0.147 e. The van der Waals surface area contributed by atoms with E-state index in [0.717, 1.165) is 5.56 Å². The van der Waals surface area contributed by atoms with Gasteiger partial charge in [0.2, 0.25) is 0 Å². The molecule has 0 unspecified atom stereocenters. The molecule has 0 fully saturated rings. The molecule has 0 N–H and O–H groups in total. The van der Waals surface area contributed by atoms with Gasteiger partial charge in [-0.2, -0.15) is 0 Å². The summed E-state index contributed by atoms with van der Waals surface area (Å²) in [6.07, 6.45) is 2.82. The summed E-state index contributed by atoms with van der Waals surface area (Å²) in [7, 11) is 0.